The standard InChI is InChI=1S/C40H57N7O7S/c1-7-25-21-40(25,35(52)46-55(53,54)26-15-16-26)45-31(48)27-22-39(37(5,6)38(39)17-11-18-38)23-47(27)34(51)29(36(2,3)4)44-32(49)28(24-13-9-8-10-14-24)43-33(50)30-41-19-12-20-42-30/h7,12,19-20,24-29H,1,8-11,13-18,21-23H2,2-6H3,(H,43,50)(H,44,49)(H,45,48)(H,46,52)/t25-,27+,28+,29-,39-,40-/m1/s1. The Morgan fingerprint density at radius 1 is 0.927 bits per heavy atom. The highest BCUT2D eigenvalue weighted by Gasteiger charge is 2.85. The zero-order valence-electron chi connectivity index (χ0n) is 32.8. The summed E-state index contributed by atoms with van der Waals surface area (Å²) in [6.07, 6.45) is 13.4. The predicted molar refractivity (Wildman–Crippen MR) is 203 cm³/mol. The molecule has 55 heavy (non-hydrogen) atoms. The molecule has 6 fully saturated rings. The van der Waals surface area contributed by atoms with E-state index in [1.807, 2.05) is 20.8 Å². The summed E-state index contributed by atoms with van der Waals surface area (Å²) in [5.74, 6) is -3.48. The third-order valence-electron chi connectivity index (χ3n) is 14.5. The summed E-state index contributed by atoms with van der Waals surface area (Å²) in [6.45, 7) is 14.1. The highest BCUT2D eigenvalue weighted by molar-refractivity contribution is 7.91. The summed E-state index contributed by atoms with van der Waals surface area (Å²) >= 11 is 0. The van der Waals surface area contributed by atoms with E-state index < -0.39 is 79.8 Å². The molecule has 300 valence electrons. The van der Waals surface area contributed by atoms with E-state index in [0.29, 0.717) is 25.8 Å². The number of nitrogens with one attached hydrogen (secondary N) is 4. The van der Waals surface area contributed by atoms with Crippen molar-refractivity contribution in [2.45, 2.75) is 141 Å². The Morgan fingerprint density at radius 2 is 1.58 bits per heavy atom. The van der Waals surface area contributed by atoms with E-state index >= 15 is 4.79 Å². The van der Waals surface area contributed by atoms with Crippen LogP contribution in [0.15, 0.2) is 31.1 Å². The Kier molecular flexibility index (Phi) is 9.77. The molecule has 6 atom stereocenters. The number of carbonyl (C=O) groups is 5. The topological polar surface area (TPSA) is 197 Å². The van der Waals surface area contributed by atoms with Gasteiger partial charge in [0, 0.05) is 30.3 Å². The summed E-state index contributed by atoms with van der Waals surface area (Å²) in [5.41, 5.74) is -2.82. The van der Waals surface area contributed by atoms with Crippen molar-refractivity contribution < 1.29 is 32.4 Å². The lowest BCUT2D eigenvalue weighted by Gasteiger charge is -2.38. The Labute approximate surface area is 324 Å². The molecule has 2 heterocycles. The molecule has 5 aliphatic carbocycles. The second-order valence-electron chi connectivity index (χ2n) is 18.7. The fraction of sp³-hybridized carbons (Fsp3) is 0.725. The maximum Gasteiger partial charge on any atom is 0.289 e. The smallest absolute Gasteiger partial charge is 0.289 e. The van der Waals surface area contributed by atoms with Gasteiger partial charge in [0.2, 0.25) is 33.6 Å². The molecule has 0 bridgehead atoms. The van der Waals surface area contributed by atoms with Gasteiger partial charge >= 0.3 is 0 Å². The highest BCUT2D eigenvalue weighted by Crippen LogP contribution is 2.88. The molecule has 15 heteroatoms. The SMILES string of the molecule is C=C[C@@H]1C[C@]1(NC(=O)[C@@H]1C[C@@]2(CN1C(=O)[C@@H](NC(=O)[C@@H](NC(=O)c1ncccn1)C1CCCCC1)C(C)(C)C)C(C)(C)C21CCC1)C(=O)NS(=O)(=O)C1CC1. The van der Waals surface area contributed by atoms with Crippen molar-refractivity contribution in [1.29, 1.82) is 0 Å². The van der Waals surface area contributed by atoms with Gasteiger partial charge < -0.3 is 20.9 Å². The molecule has 6 aliphatic rings. The Balaban J connectivity index is 1.16. The van der Waals surface area contributed by atoms with Crippen LogP contribution in [0.4, 0.5) is 0 Å². The van der Waals surface area contributed by atoms with Crippen LogP contribution in [0.25, 0.3) is 0 Å². The number of amides is 5. The number of nitrogens with zero attached hydrogens (tertiary/aromatic N) is 3. The van der Waals surface area contributed by atoms with Crippen molar-refractivity contribution >= 4 is 39.6 Å². The average Bonchev–Trinajstić information content (AvgIpc) is 4.07. The van der Waals surface area contributed by atoms with E-state index in [1.165, 1.54) is 12.4 Å². The number of fused-ring (bicyclic) bond motifs is 1. The zero-order chi connectivity index (χ0) is 39.8. The molecule has 1 aromatic heterocycles. The molecule has 2 spiro atoms. The van der Waals surface area contributed by atoms with E-state index in [2.05, 4.69) is 51.1 Å². The number of carbonyl (C=O) groups excluding carboxylic acids is 5. The molecule has 5 amide bonds. The summed E-state index contributed by atoms with van der Waals surface area (Å²) in [4.78, 5) is 80.7. The van der Waals surface area contributed by atoms with Gasteiger partial charge in [-0.15, -0.1) is 6.58 Å². The van der Waals surface area contributed by atoms with Gasteiger partial charge in [-0.05, 0) is 79.6 Å². The number of rotatable bonds is 12. The van der Waals surface area contributed by atoms with Crippen molar-refractivity contribution in [3.8, 4) is 0 Å². The number of sulfonamides is 1. The molecular weight excluding hydrogens is 723 g/mol. The minimum Gasteiger partial charge on any atom is -0.342 e. The van der Waals surface area contributed by atoms with Gasteiger partial charge in [0.1, 0.15) is 23.7 Å². The summed E-state index contributed by atoms with van der Waals surface area (Å²) < 4.78 is 27.8. The van der Waals surface area contributed by atoms with E-state index in [9.17, 15) is 27.6 Å². The van der Waals surface area contributed by atoms with E-state index in [1.54, 1.807) is 17.0 Å². The van der Waals surface area contributed by atoms with Gasteiger partial charge in [0.25, 0.3) is 11.8 Å². The fourth-order valence-corrected chi connectivity index (χ4v) is 12.0. The van der Waals surface area contributed by atoms with Crippen LogP contribution >= 0.6 is 0 Å². The van der Waals surface area contributed by atoms with E-state index in [0.717, 1.165) is 51.4 Å². The highest BCUT2D eigenvalue weighted by atomic mass is 32.2. The van der Waals surface area contributed by atoms with Crippen molar-refractivity contribution in [3.63, 3.8) is 0 Å². The average molecular weight is 780 g/mol. The minimum atomic E-state index is -3.88. The minimum absolute atomic E-state index is 0.0272. The van der Waals surface area contributed by atoms with Crippen LogP contribution in [0.5, 0.6) is 0 Å². The summed E-state index contributed by atoms with van der Waals surface area (Å²) in [6, 6.07) is -1.37. The van der Waals surface area contributed by atoms with Crippen LogP contribution in [-0.4, -0.2) is 88.3 Å². The van der Waals surface area contributed by atoms with Crippen molar-refractivity contribution in [1.82, 2.24) is 35.5 Å². The zero-order valence-corrected chi connectivity index (χ0v) is 33.6. The van der Waals surface area contributed by atoms with Crippen LogP contribution in [-0.2, 0) is 29.2 Å². The molecule has 1 aliphatic heterocycles. The largest absolute Gasteiger partial charge is 0.342 e. The Bertz CT molecular complexity index is 1870. The maximum absolute atomic E-state index is 15.1. The molecule has 7 rings (SSSR count). The van der Waals surface area contributed by atoms with E-state index in [4.69, 9.17) is 0 Å². The first-order valence-corrected chi connectivity index (χ1v) is 21.6. The van der Waals surface area contributed by atoms with E-state index in [-0.39, 0.29) is 34.4 Å². The van der Waals surface area contributed by atoms with Crippen molar-refractivity contribution in [2.24, 2.45) is 33.5 Å². The number of likely N-dealkylation sites (tertiary alicyclic amines) is 1. The number of hydrogen-bond acceptors (Lipinski definition) is 9. The molecule has 0 radical (unpaired) electrons. The Morgan fingerprint density at radius 3 is 2.11 bits per heavy atom. The molecule has 0 aromatic carbocycles. The second kappa shape index (κ2) is 13.7. The monoisotopic (exact) mass is 779 g/mol. The van der Waals surface area contributed by atoms with Gasteiger partial charge in [-0.2, -0.15) is 0 Å². The van der Waals surface area contributed by atoms with Crippen LogP contribution in [0, 0.1) is 33.5 Å². The molecule has 0 unspecified atom stereocenters. The molecular formula is C40H57N7O7S. The fourth-order valence-electron chi connectivity index (χ4n) is 10.6. The number of hydrogen-bond donors (Lipinski definition) is 4. The van der Waals surface area contributed by atoms with Gasteiger partial charge in [0.05, 0.1) is 5.25 Å². The quantitative estimate of drug-likeness (QED) is 0.231. The molecule has 14 nitrogen and oxygen atoms in total. The predicted octanol–water partition coefficient (Wildman–Crippen LogP) is 3.15. The first-order chi connectivity index (χ1) is 25.8. The van der Waals surface area contributed by atoms with Gasteiger partial charge in [-0.3, -0.25) is 28.7 Å². The third kappa shape index (κ3) is 6.55. The Hall–Kier alpha value is -3.88. The van der Waals surface area contributed by atoms with Crippen LogP contribution in [0.3, 0.4) is 0 Å². The molecule has 4 N–H and O–H groups in total. The van der Waals surface area contributed by atoms with Crippen LogP contribution < -0.4 is 20.7 Å². The van der Waals surface area contributed by atoms with Gasteiger partial charge in [-0.1, -0.05) is 66.4 Å². The summed E-state index contributed by atoms with van der Waals surface area (Å²) in [7, 11) is -3.88. The van der Waals surface area contributed by atoms with Gasteiger partial charge in [0.15, 0.2) is 0 Å². The molecule has 1 saturated heterocycles. The maximum atomic E-state index is 15.1. The van der Waals surface area contributed by atoms with Crippen LogP contribution in [0.2, 0.25) is 0 Å². The van der Waals surface area contributed by atoms with Gasteiger partial charge in [-0.25, -0.2) is 18.4 Å². The lowest BCUT2D eigenvalue weighted by Crippen LogP contribution is -2.62. The molecule has 5 saturated carbocycles. The van der Waals surface area contributed by atoms with Crippen molar-refractivity contribution in [2.75, 3.05) is 6.54 Å². The first-order valence-electron chi connectivity index (χ1n) is 20.0. The second-order valence-corrected chi connectivity index (χ2v) is 20.7. The van der Waals surface area contributed by atoms with Crippen LogP contribution in [0.1, 0.15) is 122 Å². The lowest BCUT2D eigenvalue weighted by molar-refractivity contribution is -0.145. The number of aromatic nitrogens is 2. The van der Waals surface area contributed by atoms with Crippen molar-refractivity contribution in [3.05, 3.63) is 36.9 Å². The first kappa shape index (κ1) is 39.4. The lowest BCUT2D eigenvalue weighted by atomic mass is 9.73. The third-order valence-corrected chi connectivity index (χ3v) is 16.3. The normalized spacial score (nSPS) is 30.4. The summed E-state index contributed by atoms with van der Waals surface area (Å²) in [5, 5.41) is 8.22. The molecule has 1 aromatic rings.